The summed E-state index contributed by atoms with van der Waals surface area (Å²) in [6.45, 7) is 2.66. The number of carbonyl (C=O) groups is 2. The van der Waals surface area contributed by atoms with Crippen LogP contribution >= 0.6 is 0 Å². The van der Waals surface area contributed by atoms with Gasteiger partial charge in [-0.3, -0.25) is 19.5 Å². The summed E-state index contributed by atoms with van der Waals surface area (Å²) in [5.41, 5.74) is 3.92. The van der Waals surface area contributed by atoms with E-state index in [1.54, 1.807) is 24.4 Å². The third-order valence-corrected chi connectivity index (χ3v) is 5.90. The Balaban J connectivity index is 1.52. The Bertz CT molecular complexity index is 1130. The van der Waals surface area contributed by atoms with Gasteiger partial charge in [0.1, 0.15) is 5.75 Å². The molecule has 3 aromatic rings. The molecule has 7 heteroatoms. The van der Waals surface area contributed by atoms with Gasteiger partial charge in [0.2, 0.25) is 5.91 Å². The van der Waals surface area contributed by atoms with Crippen LogP contribution in [0.5, 0.6) is 5.75 Å². The number of benzene rings is 2. The summed E-state index contributed by atoms with van der Waals surface area (Å²) in [4.78, 5) is 31.8. The first-order chi connectivity index (χ1) is 16.6. The molecule has 0 unspecified atom stereocenters. The SMILES string of the molecule is O=C1CN(Cc2ccccn2)CCCCNC(=O)c2cccc(c2)-c2cc(ccc2O)CCN1. The molecule has 2 heterocycles. The molecule has 176 valence electrons. The highest BCUT2D eigenvalue weighted by molar-refractivity contribution is 5.95. The molecule has 4 rings (SSSR count). The second kappa shape index (κ2) is 11.4. The highest BCUT2D eigenvalue weighted by Crippen LogP contribution is 2.30. The highest BCUT2D eigenvalue weighted by atomic mass is 16.3. The summed E-state index contributed by atoms with van der Waals surface area (Å²) in [6, 6.07) is 18.5. The van der Waals surface area contributed by atoms with E-state index in [-0.39, 0.29) is 24.1 Å². The molecule has 2 aromatic carbocycles. The van der Waals surface area contributed by atoms with E-state index in [1.165, 1.54) is 0 Å². The Morgan fingerprint density at radius 3 is 2.65 bits per heavy atom. The van der Waals surface area contributed by atoms with Gasteiger partial charge < -0.3 is 15.7 Å². The Hall–Kier alpha value is -3.71. The van der Waals surface area contributed by atoms with Gasteiger partial charge in [-0.15, -0.1) is 0 Å². The van der Waals surface area contributed by atoms with E-state index in [1.807, 2.05) is 42.5 Å². The number of hydrogen-bond acceptors (Lipinski definition) is 5. The summed E-state index contributed by atoms with van der Waals surface area (Å²) in [7, 11) is 0. The van der Waals surface area contributed by atoms with Gasteiger partial charge in [0.05, 0.1) is 12.2 Å². The minimum atomic E-state index is -0.136. The number of nitrogens with zero attached hydrogens (tertiary/aromatic N) is 2. The predicted octanol–water partition coefficient (Wildman–Crippen LogP) is 3.14. The number of pyridine rings is 1. The van der Waals surface area contributed by atoms with Gasteiger partial charge in [0.25, 0.3) is 5.91 Å². The molecule has 0 atom stereocenters. The van der Waals surface area contributed by atoms with Crippen molar-refractivity contribution >= 4 is 11.8 Å². The van der Waals surface area contributed by atoms with Crippen molar-refractivity contribution in [1.29, 1.82) is 0 Å². The van der Waals surface area contributed by atoms with E-state index < -0.39 is 0 Å². The van der Waals surface area contributed by atoms with Gasteiger partial charge in [0.15, 0.2) is 0 Å². The minimum Gasteiger partial charge on any atom is -0.507 e. The lowest BCUT2D eigenvalue weighted by Crippen LogP contribution is -2.38. The standard InChI is InChI=1S/C27H30N4O3/c32-25-10-9-20-11-14-29-26(33)19-31(18-23-8-1-2-12-28-23)15-4-3-13-30-27(34)22-7-5-6-21(17-22)24(25)16-20/h1-2,5-10,12,16-17,32H,3-4,11,13-15,18-19H2,(H,29,33)(H,30,34). The van der Waals surface area contributed by atoms with E-state index in [4.69, 9.17) is 0 Å². The second-order valence-electron chi connectivity index (χ2n) is 8.53. The van der Waals surface area contributed by atoms with E-state index in [0.717, 1.165) is 36.2 Å². The third kappa shape index (κ3) is 6.42. The van der Waals surface area contributed by atoms with Crippen molar-refractivity contribution in [1.82, 2.24) is 20.5 Å². The van der Waals surface area contributed by atoms with Gasteiger partial charge in [-0.2, -0.15) is 0 Å². The first-order valence-electron chi connectivity index (χ1n) is 11.7. The molecular weight excluding hydrogens is 428 g/mol. The molecule has 1 aliphatic heterocycles. The zero-order chi connectivity index (χ0) is 23.8. The van der Waals surface area contributed by atoms with E-state index in [0.29, 0.717) is 37.2 Å². The van der Waals surface area contributed by atoms with Crippen molar-refractivity contribution < 1.29 is 14.7 Å². The maximum Gasteiger partial charge on any atom is 0.251 e. The van der Waals surface area contributed by atoms with Gasteiger partial charge in [0, 0.05) is 37.0 Å². The number of hydrogen-bond donors (Lipinski definition) is 3. The molecule has 1 aliphatic rings. The zero-order valence-corrected chi connectivity index (χ0v) is 19.2. The number of phenols is 1. The van der Waals surface area contributed by atoms with Crippen molar-refractivity contribution in [3.63, 3.8) is 0 Å². The molecule has 0 radical (unpaired) electrons. The maximum absolute atomic E-state index is 12.7. The molecular formula is C27H30N4O3. The lowest BCUT2D eigenvalue weighted by molar-refractivity contribution is -0.122. The topological polar surface area (TPSA) is 94.6 Å². The minimum absolute atomic E-state index is 0.0305. The van der Waals surface area contributed by atoms with Crippen LogP contribution in [0.1, 0.15) is 34.5 Å². The van der Waals surface area contributed by atoms with Crippen LogP contribution in [0.15, 0.2) is 66.9 Å². The van der Waals surface area contributed by atoms with Gasteiger partial charge in [-0.1, -0.05) is 24.3 Å². The fraction of sp³-hybridized carbons (Fsp3) is 0.296. The van der Waals surface area contributed by atoms with Crippen LogP contribution in [-0.4, -0.2) is 53.0 Å². The van der Waals surface area contributed by atoms with Crippen molar-refractivity contribution in [2.75, 3.05) is 26.2 Å². The molecule has 4 bridgehead atoms. The molecule has 34 heavy (non-hydrogen) atoms. The van der Waals surface area contributed by atoms with Crippen LogP contribution < -0.4 is 10.6 Å². The smallest absolute Gasteiger partial charge is 0.251 e. The Morgan fingerprint density at radius 1 is 0.912 bits per heavy atom. The first-order valence-corrected chi connectivity index (χ1v) is 11.7. The van der Waals surface area contributed by atoms with Crippen LogP contribution in [0.2, 0.25) is 0 Å². The van der Waals surface area contributed by atoms with Crippen molar-refractivity contribution in [2.45, 2.75) is 25.8 Å². The Kier molecular flexibility index (Phi) is 7.88. The van der Waals surface area contributed by atoms with Crippen LogP contribution in [0.25, 0.3) is 11.1 Å². The summed E-state index contributed by atoms with van der Waals surface area (Å²) in [6.07, 6.45) is 4.04. The first kappa shape index (κ1) is 23.4. The molecule has 0 saturated carbocycles. The largest absolute Gasteiger partial charge is 0.507 e. The normalized spacial score (nSPS) is 16.1. The number of fused-ring (bicyclic) bond motifs is 5. The highest BCUT2D eigenvalue weighted by Gasteiger charge is 2.14. The van der Waals surface area contributed by atoms with Crippen LogP contribution in [0.4, 0.5) is 0 Å². The second-order valence-corrected chi connectivity index (χ2v) is 8.53. The fourth-order valence-corrected chi connectivity index (χ4v) is 4.10. The molecule has 0 saturated heterocycles. The number of nitrogens with one attached hydrogen (secondary N) is 2. The number of amides is 2. The zero-order valence-electron chi connectivity index (χ0n) is 19.2. The van der Waals surface area contributed by atoms with Crippen molar-refractivity contribution in [2.24, 2.45) is 0 Å². The summed E-state index contributed by atoms with van der Waals surface area (Å²) < 4.78 is 0. The number of phenolic OH excluding ortho intramolecular Hbond substituents is 1. The summed E-state index contributed by atoms with van der Waals surface area (Å²) >= 11 is 0. The molecule has 0 spiro atoms. The van der Waals surface area contributed by atoms with Crippen LogP contribution in [0, 0.1) is 0 Å². The summed E-state index contributed by atoms with van der Waals surface area (Å²) in [5.74, 6) is -0.00899. The third-order valence-electron chi connectivity index (χ3n) is 5.90. The Morgan fingerprint density at radius 2 is 1.79 bits per heavy atom. The average Bonchev–Trinajstić information content (AvgIpc) is 2.85. The summed E-state index contributed by atoms with van der Waals surface area (Å²) in [5, 5.41) is 16.4. The lowest BCUT2D eigenvalue weighted by atomic mass is 9.98. The molecule has 1 aromatic heterocycles. The van der Waals surface area contributed by atoms with Crippen LogP contribution in [-0.2, 0) is 17.8 Å². The molecule has 0 aliphatic carbocycles. The van der Waals surface area contributed by atoms with Crippen molar-refractivity contribution in [3.8, 4) is 16.9 Å². The van der Waals surface area contributed by atoms with Gasteiger partial charge in [-0.25, -0.2) is 0 Å². The van der Waals surface area contributed by atoms with E-state index in [9.17, 15) is 14.7 Å². The molecule has 0 fully saturated rings. The van der Waals surface area contributed by atoms with Crippen LogP contribution in [0.3, 0.4) is 0 Å². The number of aromatic hydroxyl groups is 1. The lowest BCUT2D eigenvalue weighted by Gasteiger charge is -2.21. The number of rotatable bonds is 2. The quantitative estimate of drug-likeness (QED) is 0.549. The number of carbonyl (C=O) groups excluding carboxylic acids is 2. The molecule has 2 amide bonds. The molecule has 3 N–H and O–H groups in total. The van der Waals surface area contributed by atoms with Crippen molar-refractivity contribution in [3.05, 3.63) is 83.7 Å². The van der Waals surface area contributed by atoms with E-state index >= 15 is 0 Å². The van der Waals surface area contributed by atoms with E-state index in [2.05, 4.69) is 20.5 Å². The Labute approximate surface area is 199 Å². The monoisotopic (exact) mass is 458 g/mol. The molecule has 7 nitrogen and oxygen atoms in total. The predicted molar refractivity (Wildman–Crippen MR) is 131 cm³/mol. The maximum atomic E-state index is 12.7. The van der Waals surface area contributed by atoms with Gasteiger partial charge in [-0.05, 0) is 73.3 Å². The fourth-order valence-electron chi connectivity index (χ4n) is 4.10. The average molecular weight is 459 g/mol. The van der Waals surface area contributed by atoms with Gasteiger partial charge >= 0.3 is 0 Å². The number of aromatic nitrogens is 1.